The Morgan fingerprint density at radius 1 is 1.42 bits per heavy atom. The number of amides is 2. The Balaban J connectivity index is 2.46. The molecule has 0 aliphatic carbocycles. The molecule has 1 aliphatic heterocycles. The highest BCUT2D eigenvalue weighted by atomic mass is 16.2. The van der Waals surface area contributed by atoms with Crippen LogP contribution in [-0.4, -0.2) is 62.4 Å². The lowest BCUT2D eigenvalue weighted by Crippen LogP contribution is -2.55. The Hall–Kier alpha value is -0.900. The lowest BCUT2D eigenvalue weighted by atomic mass is 10.3. The Labute approximate surface area is 73.1 Å². The third-order valence-electron chi connectivity index (χ3n) is 2.36. The van der Waals surface area contributed by atoms with Crippen LogP contribution in [0.4, 0.5) is 4.79 Å². The number of quaternary nitrogens is 1. The minimum absolute atomic E-state index is 0.185. The molecule has 12 heavy (non-hydrogen) atoms. The van der Waals surface area contributed by atoms with Gasteiger partial charge in [-0.2, -0.15) is 0 Å². The number of hydrogen-bond donors (Lipinski definition) is 0. The van der Waals surface area contributed by atoms with Crippen molar-refractivity contribution in [1.82, 2.24) is 4.90 Å². The van der Waals surface area contributed by atoms with Crippen molar-refractivity contribution in [3.05, 3.63) is 0 Å². The summed E-state index contributed by atoms with van der Waals surface area (Å²) in [5.41, 5.74) is 0. The van der Waals surface area contributed by atoms with Crippen LogP contribution >= 0.6 is 0 Å². The van der Waals surface area contributed by atoms with E-state index in [4.69, 9.17) is 0 Å². The van der Waals surface area contributed by atoms with Crippen LogP contribution in [0.3, 0.4) is 0 Å². The van der Waals surface area contributed by atoms with E-state index in [0.717, 1.165) is 30.7 Å². The van der Waals surface area contributed by atoms with E-state index < -0.39 is 0 Å². The molecule has 0 bridgehead atoms. The second-order valence-electron chi connectivity index (χ2n) is 3.81. The first-order valence-corrected chi connectivity index (χ1v) is 4.13. The van der Waals surface area contributed by atoms with E-state index in [0.29, 0.717) is 0 Å². The zero-order chi connectivity index (χ0) is 9.19. The van der Waals surface area contributed by atoms with Gasteiger partial charge in [-0.1, -0.05) is 0 Å². The van der Waals surface area contributed by atoms with Crippen LogP contribution in [-0.2, 0) is 0 Å². The Kier molecular flexibility index (Phi) is 2.47. The monoisotopic (exact) mass is 170 g/mol. The Morgan fingerprint density at radius 2 is 1.92 bits per heavy atom. The number of rotatable bonds is 0. The SMILES string of the molecule is C=NC(=O)N1CC[N+](C)(C)CC1. The van der Waals surface area contributed by atoms with Gasteiger partial charge in [0.05, 0.1) is 40.3 Å². The number of urea groups is 1. The van der Waals surface area contributed by atoms with Gasteiger partial charge in [0.2, 0.25) is 0 Å². The molecular weight excluding hydrogens is 154 g/mol. The van der Waals surface area contributed by atoms with Gasteiger partial charge < -0.3 is 9.38 Å². The molecule has 0 spiro atoms. The predicted molar refractivity (Wildman–Crippen MR) is 48.4 cm³/mol. The van der Waals surface area contributed by atoms with Crippen LogP contribution in [0.25, 0.3) is 0 Å². The quantitative estimate of drug-likeness (QED) is 0.377. The van der Waals surface area contributed by atoms with Crippen LogP contribution in [0.15, 0.2) is 4.99 Å². The molecule has 4 heteroatoms. The first-order valence-electron chi connectivity index (χ1n) is 4.13. The highest BCUT2D eigenvalue weighted by molar-refractivity contribution is 5.78. The van der Waals surface area contributed by atoms with Crippen molar-refractivity contribution in [3.63, 3.8) is 0 Å². The van der Waals surface area contributed by atoms with Gasteiger partial charge in [-0.3, -0.25) is 0 Å². The zero-order valence-corrected chi connectivity index (χ0v) is 7.79. The van der Waals surface area contributed by atoms with Crippen LogP contribution in [0, 0.1) is 0 Å². The van der Waals surface area contributed by atoms with E-state index in [1.807, 2.05) is 0 Å². The summed E-state index contributed by atoms with van der Waals surface area (Å²) in [6.07, 6.45) is 0. The Morgan fingerprint density at radius 3 is 2.33 bits per heavy atom. The van der Waals surface area contributed by atoms with Crippen molar-refractivity contribution in [3.8, 4) is 0 Å². The molecule has 0 unspecified atom stereocenters. The zero-order valence-electron chi connectivity index (χ0n) is 7.79. The van der Waals surface area contributed by atoms with Gasteiger partial charge >= 0.3 is 6.03 Å². The third kappa shape index (κ3) is 2.04. The molecule has 4 nitrogen and oxygen atoms in total. The summed E-state index contributed by atoms with van der Waals surface area (Å²) < 4.78 is 0.987. The van der Waals surface area contributed by atoms with Crippen molar-refractivity contribution in [2.45, 2.75) is 0 Å². The summed E-state index contributed by atoms with van der Waals surface area (Å²) in [7, 11) is 4.34. The minimum atomic E-state index is -0.185. The molecular formula is C8H16N3O+. The second kappa shape index (κ2) is 3.23. The number of likely N-dealkylation sites (N-methyl/N-ethyl adjacent to an activating group) is 1. The van der Waals surface area contributed by atoms with Crippen molar-refractivity contribution in [2.75, 3.05) is 40.3 Å². The molecule has 1 rings (SSSR count). The lowest BCUT2D eigenvalue weighted by Gasteiger charge is -2.38. The maximum Gasteiger partial charge on any atom is 0.343 e. The van der Waals surface area contributed by atoms with Crippen molar-refractivity contribution in [1.29, 1.82) is 0 Å². The number of carbonyl (C=O) groups is 1. The summed E-state index contributed by atoms with van der Waals surface area (Å²) in [6, 6.07) is -0.185. The summed E-state index contributed by atoms with van der Waals surface area (Å²) in [5, 5.41) is 0. The highest BCUT2D eigenvalue weighted by Gasteiger charge is 2.26. The van der Waals surface area contributed by atoms with Gasteiger partial charge in [0.15, 0.2) is 0 Å². The summed E-state index contributed by atoms with van der Waals surface area (Å²) in [5.74, 6) is 0. The van der Waals surface area contributed by atoms with Gasteiger partial charge in [0.25, 0.3) is 0 Å². The second-order valence-corrected chi connectivity index (χ2v) is 3.81. The fourth-order valence-corrected chi connectivity index (χ4v) is 1.30. The van der Waals surface area contributed by atoms with E-state index in [1.165, 1.54) is 0 Å². The van der Waals surface area contributed by atoms with Crippen molar-refractivity contribution >= 4 is 12.7 Å². The molecule has 1 aliphatic rings. The number of aliphatic imine (C=N–C) groups is 1. The average Bonchev–Trinajstić information content (AvgIpc) is 2.03. The standard InChI is InChI=1S/C8H16N3O/c1-9-8(12)10-4-6-11(2,3)7-5-10/h1,4-7H2,2-3H3/q+1. The molecule has 1 saturated heterocycles. The number of carbonyl (C=O) groups excluding carboxylic acids is 1. The van der Waals surface area contributed by atoms with E-state index >= 15 is 0 Å². The van der Waals surface area contributed by atoms with E-state index in [1.54, 1.807) is 4.90 Å². The van der Waals surface area contributed by atoms with Crippen LogP contribution < -0.4 is 0 Å². The highest BCUT2D eigenvalue weighted by Crippen LogP contribution is 2.06. The summed E-state index contributed by atoms with van der Waals surface area (Å²) in [6.45, 7) is 6.82. The Bertz CT molecular complexity index is 190. The molecule has 0 saturated carbocycles. The molecule has 1 fully saturated rings. The first-order chi connectivity index (χ1) is 5.55. The van der Waals surface area contributed by atoms with E-state index in [2.05, 4.69) is 25.8 Å². The third-order valence-corrected chi connectivity index (χ3v) is 2.36. The maximum absolute atomic E-state index is 11.1. The predicted octanol–water partition coefficient (Wildman–Crippen LogP) is 0.199. The molecule has 0 N–H and O–H groups in total. The molecule has 0 aromatic heterocycles. The van der Waals surface area contributed by atoms with Gasteiger partial charge in [0.1, 0.15) is 0 Å². The molecule has 1 heterocycles. The van der Waals surface area contributed by atoms with Crippen LogP contribution in [0.5, 0.6) is 0 Å². The molecule has 0 aromatic carbocycles. The van der Waals surface area contributed by atoms with Gasteiger partial charge in [-0.15, -0.1) is 0 Å². The minimum Gasteiger partial charge on any atom is -0.326 e. The van der Waals surface area contributed by atoms with Gasteiger partial charge in [-0.25, -0.2) is 9.79 Å². The molecule has 0 atom stereocenters. The smallest absolute Gasteiger partial charge is 0.326 e. The average molecular weight is 170 g/mol. The lowest BCUT2D eigenvalue weighted by molar-refractivity contribution is -0.894. The molecule has 68 valence electrons. The van der Waals surface area contributed by atoms with Gasteiger partial charge in [-0.05, 0) is 6.72 Å². The van der Waals surface area contributed by atoms with E-state index in [-0.39, 0.29) is 6.03 Å². The van der Waals surface area contributed by atoms with Crippen molar-refractivity contribution in [2.24, 2.45) is 4.99 Å². The normalized spacial score (nSPS) is 22.0. The summed E-state index contributed by atoms with van der Waals surface area (Å²) >= 11 is 0. The summed E-state index contributed by atoms with van der Waals surface area (Å²) in [4.78, 5) is 16.2. The van der Waals surface area contributed by atoms with E-state index in [9.17, 15) is 4.79 Å². The fourth-order valence-electron chi connectivity index (χ4n) is 1.30. The molecule has 0 aromatic rings. The number of piperazine rings is 1. The van der Waals surface area contributed by atoms with Gasteiger partial charge in [0, 0.05) is 0 Å². The first kappa shape index (κ1) is 9.19. The molecule has 2 amide bonds. The maximum atomic E-state index is 11.1. The largest absolute Gasteiger partial charge is 0.343 e. The fraction of sp³-hybridized carbons (Fsp3) is 0.750. The molecule has 0 radical (unpaired) electrons. The van der Waals surface area contributed by atoms with Crippen LogP contribution in [0.1, 0.15) is 0 Å². The van der Waals surface area contributed by atoms with Crippen LogP contribution in [0.2, 0.25) is 0 Å². The number of nitrogens with zero attached hydrogens (tertiary/aromatic N) is 3. The number of hydrogen-bond acceptors (Lipinski definition) is 1. The van der Waals surface area contributed by atoms with Crippen molar-refractivity contribution < 1.29 is 9.28 Å². The topological polar surface area (TPSA) is 32.7 Å².